The minimum absolute atomic E-state index is 0.00519. The molecule has 0 radical (unpaired) electrons. The van der Waals surface area contributed by atoms with Gasteiger partial charge in [0.25, 0.3) is 5.92 Å². The molecule has 4 rings (SSSR count). The van der Waals surface area contributed by atoms with Crippen molar-refractivity contribution in [3.63, 3.8) is 0 Å². The molecular weight excluding hydrogens is 446 g/mol. The predicted molar refractivity (Wildman–Crippen MR) is 119 cm³/mol. The third-order valence-corrected chi connectivity index (χ3v) is 6.21. The molecule has 0 aromatic heterocycles. The number of halogens is 2. The van der Waals surface area contributed by atoms with E-state index >= 15 is 0 Å². The minimum Gasteiger partial charge on any atom is -0.481 e. The Balaban J connectivity index is 1.26. The number of piperidine rings is 1. The lowest BCUT2D eigenvalue weighted by Gasteiger charge is -2.35. The standard InChI is InChI=1S/C25H24F2N2O5/c26-25(27)11-13-29(14-21(25)23(31)32)22(30)10-5-12-28-24(33)34-15-20-18-8-3-1-6-16(18)17-7-2-4-9-19(17)20/h1-10,20-21H,11-15H2,(H,28,33)(H,31,32)/b10-5+. The average Bonchev–Trinajstić information content (AvgIpc) is 3.13. The van der Waals surface area contributed by atoms with Crippen LogP contribution in [0.15, 0.2) is 60.7 Å². The van der Waals surface area contributed by atoms with E-state index in [1.165, 1.54) is 6.08 Å². The largest absolute Gasteiger partial charge is 0.481 e. The number of alkyl carbamates (subject to hydrolysis) is 1. The second-order valence-corrected chi connectivity index (χ2v) is 8.29. The van der Waals surface area contributed by atoms with Gasteiger partial charge in [0, 0.05) is 38.0 Å². The highest BCUT2D eigenvalue weighted by atomic mass is 19.3. The van der Waals surface area contributed by atoms with Crippen molar-refractivity contribution in [1.29, 1.82) is 0 Å². The zero-order chi connectivity index (χ0) is 24.3. The van der Waals surface area contributed by atoms with Crippen molar-refractivity contribution >= 4 is 18.0 Å². The molecule has 2 aromatic carbocycles. The van der Waals surface area contributed by atoms with Crippen molar-refractivity contribution in [2.75, 3.05) is 26.2 Å². The number of nitrogens with one attached hydrogen (secondary N) is 1. The van der Waals surface area contributed by atoms with Crippen molar-refractivity contribution in [2.24, 2.45) is 5.92 Å². The van der Waals surface area contributed by atoms with Crippen LogP contribution in [0.5, 0.6) is 0 Å². The molecule has 9 heteroatoms. The first-order valence-corrected chi connectivity index (χ1v) is 10.9. The van der Waals surface area contributed by atoms with Crippen LogP contribution in [0.3, 0.4) is 0 Å². The number of carboxylic acids is 1. The van der Waals surface area contributed by atoms with Crippen LogP contribution in [0.2, 0.25) is 0 Å². The number of carbonyl (C=O) groups is 3. The summed E-state index contributed by atoms with van der Waals surface area (Å²) in [6, 6.07) is 15.9. The number of fused-ring (bicyclic) bond motifs is 3. The van der Waals surface area contributed by atoms with E-state index in [0.29, 0.717) is 0 Å². The summed E-state index contributed by atoms with van der Waals surface area (Å²) in [7, 11) is 0. The predicted octanol–water partition coefficient (Wildman–Crippen LogP) is 3.65. The van der Waals surface area contributed by atoms with Gasteiger partial charge in [-0.05, 0) is 22.3 Å². The van der Waals surface area contributed by atoms with Gasteiger partial charge in [-0.1, -0.05) is 54.6 Å². The number of likely N-dealkylation sites (tertiary alicyclic amines) is 1. The molecule has 0 spiro atoms. The molecule has 2 N–H and O–H groups in total. The van der Waals surface area contributed by atoms with Crippen LogP contribution in [-0.2, 0) is 14.3 Å². The van der Waals surface area contributed by atoms with Crippen LogP contribution in [0.4, 0.5) is 13.6 Å². The van der Waals surface area contributed by atoms with Crippen molar-refractivity contribution in [3.8, 4) is 11.1 Å². The minimum atomic E-state index is -3.35. The maximum Gasteiger partial charge on any atom is 0.407 e. The fourth-order valence-electron chi connectivity index (χ4n) is 4.42. The van der Waals surface area contributed by atoms with Gasteiger partial charge in [0.05, 0.1) is 0 Å². The normalized spacial score (nSPS) is 18.9. The topological polar surface area (TPSA) is 95.9 Å². The summed E-state index contributed by atoms with van der Waals surface area (Å²) in [4.78, 5) is 36.5. The SMILES string of the molecule is O=C(NC/C=C/C(=O)N1CCC(F)(F)C(C(=O)O)C1)OCC1c2ccccc2-c2ccccc21. The van der Waals surface area contributed by atoms with Gasteiger partial charge in [-0.15, -0.1) is 0 Å². The number of benzene rings is 2. The highest BCUT2D eigenvalue weighted by molar-refractivity contribution is 5.88. The van der Waals surface area contributed by atoms with Gasteiger partial charge in [-0.25, -0.2) is 13.6 Å². The van der Waals surface area contributed by atoms with E-state index in [9.17, 15) is 23.2 Å². The van der Waals surface area contributed by atoms with Crippen molar-refractivity contribution in [1.82, 2.24) is 10.2 Å². The van der Waals surface area contributed by atoms with Gasteiger partial charge < -0.3 is 20.1 Å². The Kier molecular flexibility index (Phi) is 6.63. The summed E-state index contributed by atoms with van der Waals surface area (Å²) in [5.41, 5.74) is 4.42. The van der Waals surface area contributed by atoms with E-state index in [2.05, 4.69) is 5.32 Å². The molecule has 1 atom stereocenters. The molecule has 1 unspecified atom stereocenters. The Morgan fingerprint density at radius 3 is 2.32 bits per heavy atom. The monoisotopic (exact) mass is 470 g/mol. The fourth-order valence-corrected chi connectivity index (χ4v) is 4.42. The molecule has 2 amide bonds. The molecule has 1 fully saturated rings. The fraction of sp³-hybridized carbons (Fsp3) is 0.320. The number of carboxylic acid groups (broad SMARTS) is 1. The van der Waals surface area contributed by atoms with Gasteiger partial charge in [-0.3, -0.25) is 9.59 Å². The first-order chi connectivity index (χ1) is 16.3. The van der Waals surface area contributed by atoms with Gasteiger partial charge >= 0.3 is 12.1 Å². The average molecular weight is 470 g/mol. The van der Waals surface area contributed by atoms with Gasteiger partial charge in [-0.2, -0.15) is 0 Å². The maximum absolute atomic E-state index is 13.7. The quantitative estimate of drug-likeness (QED) is 0.629. The van der Waals surface area contributed by atoms with Crippen molar-refractivity contribution < 1.29 is 33.0 Å². The summed E-state index contributed by atoms with van der Waals surface area (Å²) in [6.07, 6.45) is 1.14. The highest BCUT2D eigenvalue weighted by Gasteiger charge is 2.49. The molecule has 7 nitrogen and oxygen atoms in total. The number of hydrogen-bond donors (Lipinski definition) is 2. The second kappa shape index (κ2) is 9.62. The summed E-state index contributed by atoms with van der Waals surface area (Å²) >= 11 is 0. The maximum atomic E-state index is 13.7. The number of carbonyl (C=O) groups excluding carboxylic acids is 2. The second-order valence-electron chi connectivity index (χ2n) is 8.29. The van der Waals surface area contributed by atoms with Crippen LogP contribution in [0.1, 0.15) is 23.5 Å². The zero-order valence-electron chi connectivity index (χ0n) is 18.2. The number of hydrogen-bond acceptors (Lipinski definition) is 4. The first kappa shape index (κ1) is 23.4. The van der Waals surface area contributed by atoms with Crippen molar-refractivity contribution in [2.45, 2.75) is 18.3 Å². The number of ether oxygens (including phenoxy) is 1. The lowest BCUT2D eigenvalue weighted by molar-refractivity contribution is -0.168. The molecule has 0 saturated carbocycles. The molecule has 2 aliphatic rings. The molecule has 2 aromatic rings. The molecule has 0 bridgehead atoms. The molecule has 1 aliphatic carbocycles. The van der Waals surface area contributed by atoms with E-state index in [0.717, 1.165) is 33.2 Å². The zero-order valence-corrected chi connectivity index (χ0v) is 18.2. The molecular formula is C25H24F2N2O5. The molecule has 1 saturated heterocycles. The van der Waals surface area contributed by atoms with Crippen molar-refractivity contribution in [3.05, 3.63) is 71.8 Å². The molecule has 178 valence electrons. The van der Waals surface area contributed by atoms with E-state index in [1.54, 1.807) is 0 Å². The number of rotatable bonds is 6. The van der Waals surface area contributed by atoms with Crippen LogP contribution in [-0.4, -0.2) is 60.1 Å². The van der Waals surface area contributed by atoms with E-state index in [1.807, 2.05) is 48.5 Å². The third kappa shape index (κ3) is 4.78. The van der Waals surface area contributed by atoms with Gasteiger partial charge in [0.15, 0.2) is 0 Å². The van der Waals surface area contributed by atoms with Crippen LogP contribution < -0.4 is 5.32 Å². The molecule has 1 aliphatic heterocycles. The van der Waals surface area contributed by atoms with Gasteiger partial charge in [0.2, 0.25) is 5.91 Å². The summed E-state index contributed by atoms with van der Waals surface area (Å²) in [5.74, 6) is -7.58. The summed E-state index contributed by atoms with van der Waals surface area (Å²) < 4.78 is 32.8. The number of amides is 2. The van der Waals surface area contributed by atoms with Gasteiger partial charge in [0.1, 0.15) is 12.5 Å². The molecule has 34 heavy (non-hydrogen) atoms. The van der Waals surface area contributed by atoms with E-state index in [-0.39, 0.29) is 25.6 Å². The molecule has 1 heterocycles. The first-order valence-electron chi connectivity index (χ1n) is 10.9. The Bertz CT molecular complexity index is 1090. The Hall–Kier alpha value is -3.75. The summed E-state index contributed by atoms with van der Waals surface area (Å²) in [5, 5.41) is 11.5. The third-order valence-electron chi connectivity index (χ3n) is 6.21. The van der Waals surface area contributed by atoms with Crippen LogP contribution in [0, 0.1) is 5.92 Å². The van der Waals surface area contributed by atoms with E-state index < -0.39 is 42.8 Å². The Morgan fingerprint density at radius 2 is 1.71 bits per heavy atom. The Morgan fingerprint density at radius 1 is 1.09 bits per heavy atom. The highest BCUT2D eigenvalue weighted by Crippen LogP contribution is 2.44. The number of aliphatic carboxylic acids is 1. The number of alkyl halides is 2. The lowest BCUT2D eigenvalue weighted by Crippen LogP contribution is -2.51. The smallest absolute Gasteiger partial charge is 0.407 e. The van der Waals surface area contributed by atoms with Crippen LogP contribution in [0.25, 0.3) is 11.1 Å². The van der Waals surface area contributed by atoms with Crippen LogP contribution >= 0.6 is 0 Å². The summed E-state index contributed by atoms with van der Waals surface area (Å²) in [6.45, 7) is -0.652. The lowest BCUT2D eigenvalue weighted by atomic mass is 9.93. The van der Waals surface area contributed by atoms with E-state index in [4.69, 9.17) is 9.84 Å². The Labute approximate surface area is 195 Å². The number of nitrogens with zero attached hydrogens (tertiary/aromatic N) is 1.